The zero-order chi connectivity index (χ0) is 15.4. The minimum absolute atomic E-state index is 0.125. The molecule has 1 aromatic rings. The monoisotopic (exact) mass is 290 g/mol. The molecule has 1 saturated heterocycles. The lowest BCUT2D eigenvalue weighted by Crippen LogP contribution is -2.40. The molecule has 1 aliphatic rings. The summed E-state index contributed by atoms with van der Waals surface area (Å²) in [6.45, 7) is 2.70. The van der Waals surface area contributed by atoms with Gasteiger partial charge < -0.3 is 15.5 Å². The van der Waals surface area contributed by atoms with Gasteiger partial charge in [0.25, 0.3) is 5.91 Å². The lowest BCUT2D eigenvalue weighted by molar-refractivity contribution is -0.130. The smallest absolute Gasteiger partial charge is 0.254 e. The molecule has 1 aromatic heterocycles. The van der Waals surface area contributed by atoms with Gasteiger partial charge in [-0.05, 0) is 12.1 Å². The minimum atomic E-state index is -0.554. The molecule has 1 aliphatic heterocycles. The van der Waals surface area contributed by atoms with Crippen LogP contribution < -0.4 is 5.73 Å². The highest BCUT2D eigenvalue weighted by Gasteiger charge is 2.30. The van der Waals surface area contributed by atoms with E-state index in [1.165, 1.54) is 6.92 Å². The molecule has 112 valence electrons. The number of nitrogens with zero attached hydrogens (tertiary/aromatic N) is 3. The summed E-state index contributed by atoms with van der Waals surface area (Å²) in [5.41, 5.74) is 5.88. The Morgan fingerprint density at radius 3 is 2.29 bits per heavy atom. The first-order valence-electron chi connectivity index (χ1n) is 6.73. The van der Waals surface area contributed by atoms with E-state index < -0.39 is 11.8 Å². The molecule has 0 saturated carbocycles. The second-order valence-corrected chi connectivity index (χ2v) is 5.05. The molecule has 7 heteroatoms. The Labute approximate surface area is 122 Å². The van der Waals surface area contributed by atoms with Crippen molar-refractivity contribution in [1.29, 1.82) is 0 Å². The fourth-order valence-corrected chi connectivity index (χ4v) is 2.34. The number of amides is 3. The topological polar surface area (TPSA) is 96.6 Å². The molecular formula is C14H18N4O3. The van der Waals surface area contributed by atoms with Gasteiger partial charge in [0, 0.05) is 51.1 Å². The van der Waals surface area contributed by atoms with Crippen molar-refractivity contribution in [3.05, 3.63) is 30.1 Å². The van der Waals surface area contributed by atoms with E-state index in [9.17, 15) is 14.4 Å². The molecule has 1 fully saturated rings. The fraction of sp³-hybridized carbons (Fsp3) is 0.429. The van der Waals surface area contributed by atoms with E-state index >= 15 is 0 Å². The maximum absolute atomic E-state index is 12.4. The van der Waals surface area contributed by atoms with Crippen molar-refractivity contribution in [2.45, 2.75) is 6.92 Å². The van der Waals surface area contributed by atoms with Crippen molar-refractivity contribution in [3.63, 3.8) is 0 Å². The largest absolute Gasteiger partial charge is 0.369 e. The van der Waals surface area contributed by atoms with Crippen LogP contribution in [0.4, 0.5) is 0 Å². The van der Waals surface area contributed by atoms with E-state index in [0.717, 1.165) is 0 Å². The molecular weight excluding hydrogens is 272 g/mol. The third kappa shape index (κ3) is 3.56. The maximum Gasteiger partial charge on any atom is 0.254 e. The Hall–Kier alpha value is -2.44. The number of hydrogen-bond donors (Lipinski definition) is 1. The van der Waals surface area contributed by atoms with Crippen LogP contribution in [0.1, 0.15) is 17.3 Å². The van der Waals surface area contributed by atoms with Gasteiger partial charge in [0.1, 0.15) is 0 Å². The Balaban J connectivity index is 2.18. The van der Waals surface area contributed by atoms with Crippen LogP contribution in [0.15, 0.2) is 24.5 Å². The predicted octanol–water partition coefficient (Wildman–Crippen LogP) is -0.513. The van der Waals surface area contributed by atoms with E-state index in [2.05, 4.69) is 4.98 Å². The van der Waals surface area contributed by atoms with Gasteiger partial charge >= 0.3 is 0 Å². The van der Waals surface area contributed by atoms with E-state index in [1.54, 1.807) is 34.3 Å². The second-order valence-electron chi connectivity index (χ2n) is 5.05. The Morgan fingerprint density at radius 2 is 1.71 bits per heavy atom. The highest BCUT2D eigenvalue weighted by molar-refractivity contribution is 5.94. The highest BCUT2D eigenvalue weighted by atomic mass is 16.2. The van der Waals surface area contributed by atoms with E-state index in [-0.39, 0.29) is 24.9 Å². The number of carbonyl (C=O) groups is 3. The van der Waals surface area contributed by atoms with Crippen LogP contribution in [0.3, 0.4) is 0 Å². The van der Waals surface area contributed by atoms with Crippen molar-refractivity contribution >= 4 is 17.7 Å². The van der Waals surface area contributed by atoms with Crippen LogP contribution in [-0.2, 0) is 9.59 Å². The predicted molar refractivity (Wildman–Crippen MR) is 75.1 cm³/mol. The third-order valence-electron chi connectivity index (χ3n) is 3.58. The summed E-state index contributed by atoms with van der Waals surface area (Å²) in [4.78, 5) is 42.5. The molecule has 7 nitrogen and oxygen atoms in total. The number of hydrogen-bond acceptors (Lipinski definition) is 4. The summed E-state index contributed by atoms with van der Waals surface area (Å²) < 4.78 is 0. The first kappa shape index (κ1) is 15.0. The molecule has 3 amide bonds. The van der Waals surface area contributed by atoms with Crippen LogP contribution in [0.5, 0.6) is 0 Å². The SMILES string of the molecule is CC(=O)N1CCN(C(=O)c2ccncc2)C[C@H](C(N)=O)C1. The molecule has 0 spiro atoms. The molecule has 0 unspecified atom stereocenters. The van der Waals surface area contributed by atoms with Crippen molar-refractivity contribution in [3.8, 4) is 0 Å². The Bertz CT molecular complexity index is 546. The molecule has 0 aromatic carbocycles. The average Bonchev–Trinajstić information content (AvgIpc) is 2.70. The van der Waals surface area contributed by atoms with Gasteiger partial charge in [0.05, 0.1) is 5.92 Å². The van der Waals surface area contributed by atoms with Crippen LogP contribution in [0.2, 0.25) is 0 Å². The van der Waals surface area contributed by atoms with Crippen LogP contribution >= 0.6 is 0 Å². The number of carbonyl (C=O) groups excluding carboxylic acids is 3. The quantitative estimate of drug-likeness (QED) is 0.793. The van der Waals surface area contributed by atoms with Gasteiger partial charge in [0.2, 0.25) is 11.8 Å². The maximum atomic E-state index is 12.4. The van der Waals surface area contributed by atoms with Gasteiger partial charge in [-0.25, -0.2) is 0 Å². The molecule has 0 aliphatic carbocycles. The summed E-state index contributed by atoms with van der Waals surface area (Å²) in [6, 6.07) is 3.24. The fourth-order valence-electron chi connectivity index (χ4n) is 2.34. The average molecular weight is 290 g/mol. The number of pyridine rings is 1. The third-order valence-corrected chi connectivity index (χ3v) is 3.58. The molecule has 2 N–H and O–H groups in total. The number of aromatic nitrogens is 1. The van der Waals surface area contributed by atoms with Gasteiger partial charge in [-0.3, -0.25) is 19.4 Å². The highest BCUT2D eigenvalue weighted by Crippen LogP contribution is 2.13. The number of primary amides is 1. The molecule has 21 heavy (non-hydrogen) atoms. The van der Waals surface area contributed by atoms with Crippen molar-refractivity contribution in [2.24, 2.45) is 11.7 Å². The normalized spacial score (nSPS) is 19.0. The first-order valence-corrected chi connectivity index (χ1v) is 6.73. The van der Waals surface area contributed by atoms with E-state index in [0.29, 0.717) is 18.7 Å². The summed E-state index contributed by atoms with van der Waals surface area (Å²) >= 11 is 0. The van der Waals surface area contributed by atoms with E-state index in [1.807, 2.05) is 0 Å². The Kier molecular flexibility index (Phi) is 4.52. The summed E-state index contributed by atoms with van der Waals surface area (Å²) in [7, 11) is 0. The lowest BCUT2D eigenvalue weighted by Gasteiger charge is -2.22. The zero-order valence-electron chi connectivity index (χ0n) is 11.9. The van der Waals surface area contributed by atoms with Crippen molar-refractivity contribution in [2.75, 3.05) is 26.2 Å². The summed E-state index contributed by atoms with van der Waals surface area (Å²) in [5.74, 6) is -1.37. The molecule has 1 atom stereocenters. The van der Waals surface area contributed by atoms with Crippen molar-refractivity contribution < 1.29 is 14.4 Å². The summed E-state index contributed by atoms with van der Waals surface area (Å²) in [6.07, 6.45) is 3.08. The van der Waals surface area contributed by atoms with Crippen LogP contribution in [0.25, 0.3) is 0 Å². The van der Waals surface area contributed by atoms with Gasteiger partial charge in [-0.15, -0.1) is 0 Å². The van der Waals surface area contributed by atoms with Crippen molar-refractivity contribution in [1.82, 2.24) is 14.8 Å². The van der Waals surface area contributed by atoms with E-state index in [4.69, 9.17) is 5.73 Å². The second kappa shape index (κ2) is 6.34. The number of rotatable bonds is 2. The standard InChI is InChI=1S/C14H18N4O3/c1-10(19)17-6-7-18(9-12(8-17)13(15)20)14(21)11-2-4-16-5-3-11/h2-5,12H,6-9H2,1H3,(H2,15,20)/t12-/m1/s1. The molecule has 2 rings (SSSR count). The first-order chi connectivity index (χ1) is 9.99. The molecule has 0 bridgehead atoms. The Morgan fingerprint density at radius 1 is 1.14 bits per heavy atom. The van der Waals surface area contributed by atoms with Crippen LogP contribution in [-0.4, -0.2) is 58.7 Å². The minimum Gasteiger partial charge on any atom is -0.369 e. The summed E-state index contributed by atoms with van der Waals surface area (Å²) in [5, 5.41) is 0. The van der Waals surface area contributed by atoms with Crippen LogP contribution in [0, 0.1) is 5.92 Å². The van der Waals surface area contributed by atoms with Gasteiger partial charge in [-0.2, -0.15) is 0 Å². The number of nitrogens with two attached hydrogens (primary N) is 1. The van der Waals surface area contributed by atoms with Gasteiger partial charge in [-0.1, -0.05) is 0 Å². The molecule has 0 radical (unpaired) electrons. The van der Waals surface area contributed by atoms with Gasteiger partial charge in [0.15, 0.2) is 0 Å². The lowest BCUT2D eigenvalue weighted by atomic mass is 10.1. The zero-order valence-corrected chi connectivity index (χ0v) is 11.9. The molecule has 2 heterocycles.